The van der Waals surface area contributed by atoms with Gasteiger partial charge in [-0.25, -0.2) is 0 Å². The summed E-state index contributed by atoms with van der Waals surface area (Å²) in [5.41, 5.74) is 6.91. The van der Waals surface area contributed by atoms with E-state index < -0.39 is 0 Å². The first kappa shape index (κ1) is 14.9. The summed E-state index contributed by atoms with van der Waals surface area (Å²) in [7, 11) is 0. The molecule has 0 aliphatic rings. The number of halogens is 1. The van der Waals surface area contributed by atoms with E-state index in [9.17, 15) is 0 Å². The predicted octanol–water partition coefficient (Wildman–Crippen LogP) is 3.93. The summed E-state index contributed by atoms with van der Waals surface area (Å²) in [5.74, 6) is 1.65. The van der Waals surface area contributed by atoms with Gasteiger partial charge in [0.05, 0.1) is 0 Å². The van der Waals surface area contributed by atoms with Crippen LogP contribution in [0.5, 0.6) is 11.5 Å². The van der Waals surface area contributed by atoms with Crippen LogP contribution < -0.4 is 15.2 Å². The van der Waals surface area contributed by atoms with Crippen LogP contribution in [0.4, 0.5) is 0 Å². The number of hydrogen-bond donors (Lipinski definition) is 1. The third-order valence-electron chi connectivity index (χ3n) is 2.82. The van der Waals surface area contributed by atoms with E-state index in [2.05, 4.69) is 15.9 Å². The number of nitrogens with two attached hydrogens (primary N) is 1. The Kier molecular flexibility index (Phi) is 5.44. The molecular weight excluding hydrogens is 318 g/mol. The van der Waals surface area contributed by atoms with Gasteiger partial charge in [-0.05, 0) is 48.9 Å². The minimum absolute atomic E-state index is 0.0116. The Morgan fingerprint density at radius 3 is 2.30 bits per heavy atom. The highest BCUT2D eigenvalue weighted by atomic mass is 79.9. The van der Waals surface area contributed by atoms with E-state index in [1.807, 2.05) is 55.5 Å². The largest absolute Gasteiger partial charge is 0.490 e. The summed E-state index contributed by atoms with van der Waals surface area (Å²) >= 11 is 3.39. The normalized spacial score (nSPS) is 11.9. The molecule has 0 saturated heterocycles. The van der Waals surface area contributed by atoms with Gasteiger partial charge in [-0.15, -0.1) is 0 Å². The van der Waals surface area contributed by atoms with Crippen LogP contribution in [0.2, 0.25) is 0 Å². The van der Waals surface area contributed by atoms with Crippen LogP contribution in [0.1, 0.15) is 18.5 Å². The fourth-order valence-corrected chi connectivity index (χ4v) is 2.00. The van der Waals surface area contributed by atoms with Crippen LogP contribution in [0.3, 0.4) is 0 Å². The Balaban J connectivity index is 1.78. The summed E-state index contributed by atoms with van der Waals surface area (Å²) < 4.78 is 12.3. The minimum atomic E-state index is 0.0116. The summed E-state index contributed by atoms with van der Waals surface area (Å²) in [4.78, 5) is 0. The second-order valence-electron chi connectivity index (χ2n) is 4.51. The van der Waals surface area contributed by atoms with Gasteiger partial charge in [-0.1, -0.05) is 28.1 Å². The molecule has 0 aliphatic carbocycles. The van der Waals surface area contributed by atoms with Gasteiger partial charge in [0, 0.05) is 10.5 Å². The number of rotatable bonds is 6. The maximum atomic E-state index is 5.84. The molecule has 0 heterocycles. The molecule has 0 spiro atoms. The zero-order valence-electron chi connectivity index (χ0n) is 11.4. The van der Waals surface area contributed by atoms with Gasteiger partial charge < -0.3 is 15.2 Å². The maximum absolute atomic E-state index is 5.84. The van der Waals surface area contributed by atoms with Crippen molar-refractivity contribution in [1.82, 2.24) is 0 Å². The summed E-state index contributed by atoms with van der Waals surface area (Å²) in [5, 5.41) is 0. The van der Waals surface area contributed by atoms with Crippen molar-refractivity contribution < 1.29 is 9.47 Å². The molecule has 0 amide bonds. The van der Waals surface area contributed by atoms with Crippen LogP contribution in [0.15, 0.2) is 53.0 Å². The lowest BCUT2D eigenvalue weighted by Gasteiger charge is -2.11. The molecule has 0 aliphatic heterocycles. The van der Waals surface area contributed by atoms with Gasteiger partial charge in [0.15, 0.2) is 0 Å². The van der Waals surface area contributed by atoms with E-state index in [1.165, 1.54) is 0 Å². The van der Waals surface area contributed by atoms with Gasteiger partial charge in [-0.2, -0.15) is 0 Å². The number of benzene rings is 2. The quantitative estimate of drug-likeness (QED) is 0.813. The fraction of sp³-hybridized carbons (Fsp3) is 0.250. The average molecular weight is 336 g/mol. The van der Waals surface area contributed by atoms with Crippen LogP contribution >= 0.6 is 15.9 Å². The van der Waals surface area contributed by atoms with Gasteiger partial charge >= 0.3 is 0 Å². The highest BCUT2D eigenvalue weighted by Gasteiger charge is 2.01. The highest BCUT2D eigenvalue weighted by Crippen LogP contribution is 2.18. The Labute approximate surface area is 127 Å². The topological polar surface area (TPSA) is 44.5 Å². The molecule has 2 N–H and O–H groups in total. The lowest BCUT2D eigenvalue weighted by Crippen LogP contribution is -2.10. The molecule has 1 atom stereocenters. The molecule has 3 nitrogen and oxygen atoms in total. The van der Waals surface area contributed by atoms with Crippen molar-refractivity contribution in [3.05, 3.63) is 58.6 Å². The smallest absolute Gasteiger partial charge is 0.122 e. The van der Waals surface area contributed by atoms with E-state index in [4.69, 9.17) is 15.2 Å². The highest BCUT2D eigenvalue weighted by molar-refractivity contribution is 9.10. The van der Waals surface area contributed by atoms with Crippen molar-refractivity contribution in [3.63, 3.8) is 0 Å². The SMILES string of the molecule is C[C@H](N)c1cccc(OCCOc2ccc(Br)cc2)c1. The van der Waals surface area contributed by atoms with Crippen LogP contribution in [-0.4, -0.2) is 13.2 Å². The fourth-order valence-electron chi connectivity index (χ4n) is 1.74. The molecule has 2 rings (SSSR count). The van der Waals surface area contributed by atoms with Crippen LogP contribution in [-0.2, 0) is 0 Å². The lowest BCUT2D eigenvalue weighted by atomic mass is 10.1. The lowest BCUT2D eigenvalue weighted by molar-refractivity contribution is 0.217. The molecule has 20 heavy (non-hydrogen) atoms. The third-order valence-corrected chi connectivity index (χ3v) is 3.35. The first-order chi connectivity index (χ1) is 9.65. The van der Waals surface area contributed by atoms with Crippen molar-refractivity contribution in [2.24, 2.45) is 5.73 Å². The molecule has 0 fully saturated rings. The molecule has 2 aromatic carbocycles. The molecule has 4 heteroatoms. The van der Waals surface area contributed by atoms with Crippen molar-refractivity contribution in [2.45, 2.75) is 13.0 Å². The Morgan fingerprint density at radius 1 is 1.00 bits per heavy atom. The van der Waals surface area contributed by atoms with E-state index >= 15 is 0 Å². The standard InChI is InChI=1S/C16H18BrNO2/c1-12(18)13-3-2-4-16(11-13)20-10-9-19-15-7-5-14(17)6-8-15/h2-8,11-12H,9-10,18H2,1H3/t12-/m0/s1. The average Bonchev–Trinajstić information content (AvgIpc) is 2.46. The van der Waals surface area contributed by atoms with Crippen molar-refractivity contribution >= 4 is 15.9 Å². The molecule has 0 unspecified atom stereocenters. The minimum Gasteiger partial charge on any atom is -0.490 e. The van der Waals surface area contributed by atoms with E-state index in [0.29, 0.717) is 13.2 Å². The van der Waals surface area contributed by atoms with Gasteiger partial charge in [0.1, 0.15) is 24.7 Å². The first-order valence-electron chi connectivity index (χ1n) is 6.52. The van der Waals surface area contributed by atoms with Gasteiger partial charge in [-0.3, -0.25) is 0 Å². The zero-order chi connectivity index (χ0) is 14.4. The number of hydrogen-bond acceptors (Lipinski definition) is 3. The predicted molar refractivity (Wildman–Crippen MR) is 84.2 cm³/mol. The van der Waals surface area contributed by atoms with Gasteiger partial charge in [0.2, 0.25) is 0 Å². The zero-order valence-corrected chi connectivity index (χ0v) is 13.0. The monoisotopic (exact) mass is 335 g/mol. The molecule has 0 saturated carbocycles. The second-order valence-corrected chi connectivity index (χ2v) is 5.43. The summed E-state index contributed by atoms with van der Waals surface area (Å²) in [6.45, 7) is 2.96. The Morgan fingerprint density at radius 2 is 1.65 bits per heavy atom. The molecular formula is C16H18BrNO2. The van der Waals surface area contributed by atoms with E-state index in [-0.39, 0.29) is 6.04 Å². The molecule has 106 valence electrons. The van der Waals surface area contributed by atoms with E-state index in [0.717, 1.165) is 21.5 Å². The first-order valence-corrected chi connectivity index (χ1v) is 7.31. The van der Waals surface area contributed by atoms with Crippen LogP contribution in [0, 0.1) is 0 Å². The van der Waals surface area contributed by atoms with Crippen molar-refractivity contribution in [3.8, 4) is 11.5 Å². The van der Waals surface area contributed by atoms with E-state index in [1.54, 1.807) is 0 Å². The third kappa shape index (κ3) is 4.54. The summed E-state index contributed by atoms with van der Waals surface area (Å²) in [6, 6.07) is 15.6. The Hall–Kier alpha value is -1.52. The Bertz CT molecular complexity index is 540. The summed E-state index contributed by atoms with van der Waals surface area (Å²) in [6.07, 6.45) is 0. The molecule has 0 aromatic heterocycles. The van der Waals surface area contributed by atoms with Crippen LogP contribution in [0.25, 0.3) is 0 Å². The second kappa shape index (κ2) is 7.31. The molecule has 0 bridgehead atoms. The molecule has 2 aromatic rings. The van der Waals surface area contributed by atoms with Gasteiger partial charge in [0.25, 0.3) is 0 Å². The van der Waals surface area contributed by atoms with Crippen molar-refractivity contribution in [1.29, 1.82) is 0 Å². The van der Waals surface area contributed by atoms with Crippen molar-refractivity contribution in [2.75, 3.05) is 13.2 Å². The maximum Gasteiger partial charge on any atom is 0.122 e. The number of ether oxygens (including phenoxy) is 2. The molecule has 0 radical (unpaired) electrons.